The van der Waals surface area contributed by atoms with E-state index in [0.29, 0.717) is 12.3 Å². The molecule has 1 aromatic rings. The highest BCUT2D eigenvalue weighted by Crippen LogP contribution is 2.36. The third-order valence-electron chi connectivity index (χ3n) is 4.37. The van der Waals surface area contributed by atoms with Crippen LogP contribution in [0.25, 0.3) is 0 Å². The van der Waals surface area contributed by atoms with Gasteiger partial charge in [0.1, 0.15) is 5.60 Å². The topological polar surface area (TPSA) is 67.9 Å². The average molecular weight is 362 g/mol. The summed E-state index contributed by atoms with van der Waals surface area (Å²) in [7, 11) is 2.03. The minimum Gasteiger partial charge on any atom is -0.466 e. The van der Waals surface area contributed by atoms with Crippen molar-refractivity contribution in [3.8, 4) is 0 Å². The number of nitrogens with zero attached hydrogens (tertiary/aromatic N) is 1. The van der Waals surface area contributed by atoms with Crippen molar-refractivity contribution < 1.29 is 19.1 Å². The molecule has 0 bridgehead atoms. The summed E-state index contributed by atoms with van der Waals surface area (Å²) >= 11 is 0. The smallest absolute Gasteiger partial charge is 0.412 e. The van der Waals surface area contributed by atoms with E-state index in [-0.39, 0.29) is 17.9 Å². The SMILES string of the molecule is CCOC(=O)[C@@H]1CCCN(C)[C@@H]1c1ccc(NC(=O)OC(C)(C)C)cc1. The van der Waals surface area contributed by atoms with Gasteiger partial charge in [-0.1, -0.05) is 12.1 Å². The molecule has 0 radical (unpaired) electrons. The van der Waals surface area contributed by atoms with Gasteiger partial charge in [0.2, 0.25) is 0 Å². The highest BCUT2D eigenvalue weighted by Gasteiger charge is 2.36. The number of piperidine rings is 1. The van der Waals surface area contributed by atoms with Gasteiger partial charge in [-0.25, -0.2) is 4.79 Å². The van der Waals surface area contributed by atoms with Gasteiger partial charge in [0.15, 0.2) is 0 Å². The zero-order valence-electron chi connectivity index (χ0n) is 16.4. The fourth-order valence-electron chi connectivity index (χ4n) is 3.33. The highest BCUT2D eigenvalue weighted by atomic mass is 16.6. The predicted octanol–water partition coefficient (Wildman–Crippen LogP) is 3.98. The Bertz CT molecular complexity index is 622. The van der Waals surface area contributed by atoms with Gasteiger partial charge in [0.25, 0.3) is 0 Å². The minimum absolute atomic E-state index is 0.0154. The molecule has 144 valence electrons. The summed E-state index contributed by atoms with van der Waals surface area (Å²) in [4.78, 5) is 26.4. The number of likely N-dealkylation sites (tertiary alicyclic amines) is 1. The molecule has 0 aromatic heterocycles. The molecule has 6 heteroatoms. The zero-order valence-corrected chi connectivity index (χ0v) is 16.4. The van der Waals surface area contributed by atoms with E-state index in [9.17, 15) is 9.59 Å². The Kier molecular flexibility index (Phi) is 6.64. The number of benzene rings is 1. The number of ether oxygens (including phenoxy) is 2. The number of nitrogens with one attached hydrogen (secondary N) is 1. The van der Waals surface area contributed by atoms with Gasteiger partial charge in [-0.3, -0.25) is 15.0 Å². The van der Waals surface area contributed by atoms with Crippen LogP contribution in [0.2, 0.25) is 0 Å². The van der Waals surface area contributed by atoms with Crippen molar-refractivity contribution in [2.75, 3.05) is 25.5 Å². The lowest BCUT2D eigenvalue weighted by atomic mass is 9.85. The second kappa shape index (κ2) is 8.54. The minimum atomic E-state index is -0.540. The van der Waals surface area contributed by atoms with Crippen LogP contribution in [-0.4, -0.2) is 42.8 Å². The highest BCUT2D eigenvalue weighted by molar-refractivity contribution is 5.84. The van der Waals surface area contributed by atoms with Crippen LogP contribution in [0.5, 0.6) is 0 Å². The van der Waals surface area contributed by atoms with Crippen LogP contribution in [0.1, 0.15) is 52.1 Å². The van der Waals surface area contributed by atoms with Crippen molar-refractivity contribution >= 4 is 17.7 Å². The maximum Gasteiger partial charge on any atom is 0.412 e. The standard InChI is InChI=1S/C20H30N2O4/c1-6-25-18(23)16-8-7-13-22(5)17(16)14-9-11-15(12-10-14)21-19(24)26-20(2,3)4/h9-12,16-17H,6-8,13H2,1-5H3,(H,21,24)/t16-,17-/m1/s1. The Morgan fingerprint density at radius 1 is 1.23 bits per heavy atom. The molecule has 0 saturated carbocycles. The lowest BCUT2D eigenvalue weighted by molar-refractivity contribution is -0.152. The number of amides is 1. The predicted molar refractivity (Wildman–Crippen MR) is 101 cm³/mol. The summed E-state index contributed by atoms with van der Waals surface area (Å²) in [5.41, 5.74) is 1.16. The molecule has 0 unspecified atom stereocenters. The zero-order chi connectivity index (χ0) is 19.3. The first-order valence-corrected chi connectivity index (χ1v) is 9.18. The number of carbonyl (C=O) groups is 2. The van der Waals surface area contributed by atoms with Crippen LogP contribution in [0.3, 0.4) is 0 Å². The van der Waals surface area contributed by atoms with Crippen molar-refractivity contribution in [3.05, 3.63) is 29.8 Å². The van der Waals surface area contributed by atoms with Crippen LogP contribution in [0, 0.1) is 5.92 Å². The number of hydrogen-bond acceptors (Lipinski definition) is 5. The van der Waals surface area contributed by atoms with Crippen LogP contribution in [-0.2, 0) is 14.3 Å². The fourth-order valence-corrected chi connectivity index (χ4v) is 3.33. The monoisotopic (exact) mass is 362 g/mol. The molecule has 1 heterocycles. The van der Waals surface area contributed by atoms with E-state index < -0.39 is 11.7 Å². The summed E-state index contributed by atoms with van der Waals surface area (Å²) in [6.07, 6.45) is 1.32. The molecule has 1 N–H and O–H groups in total. The summed E-state index contributed by atoms with van der Waals surface area (Å²) in [5, 5.41) is 2.73. The molecular formula is C20H30N2O4. The summed E-state index contributed by atoms with van der Waals surface area (Å²) < 4.78 is 10.5. The molecule has 1 amide bonds. The number of anilines is 1. The molecule has 2 atom stereocenters. The third kappa shape index (κ3) is 5.46. The lowest BCUT2D eigenvalue weighted by Gasteiger charge is -2.38. The summed E-state index contributed by atoms with van der Waals surface area (Å²) in [6, 6.07) is 7.56. The van der Waals surface area contributed by atoms with Gasteiger partial charge in [-0.15, -0.1) is 0 Å². The maximum absolute atomic E-state index is 12.4. The molecule has 1 fully saturated rings. The van der Waals surface area contributed by atoms with E-state index in [4.69, 9.17) is 9.47 Å². The molecule has 1 aliphatic heterocycles. The maximum atomic E-state index is 12.4. The van der Waals surface area contributed by atoms with Gasteiger partial charge in [-0.05, 0) is 71.8 Å². The summed E-state index contributed by atoms with van der Waals surface area (Å²) in [6.45, 7) is 8.64. The quantitative estimate of drug-likeness (QED) is 0.821. The first-order chi connectivity index (χ1) is 12.2. The van der Waals surface area contributed by atoms with Gasteiger partial charge in [-0.2, -0.15) is 0 Å². The molecule has 0 spiro atoms. The van der Waals surface area contributed by atoms with Gasteiger partial charge in [0.05, 0.1) is 12.5 Å². The second-order valence-corrected chi connectivity index (χ2v) is 7.68. The number of esters is 1. The van der Waals surface area contributed by atoms with Crippen molar-refractivity contribution in [2.45, 2.75) is 52.2 Å². The normalized spacial score (nSPS) is 21.1. The van der Waals surface area contributed by atoms with Crippen molar-refractivity contribution in [1.29, 1.82) is 0 Å². The Balaban J connectivity index is 2.11. The number of hydrogen-bond donors (Lipinski definition) is 1. The molecule has 26 heavy (non-hydrogen) atoms. The molecule has 1 aromatic carbocycles. The van der Waals surface area contributed by atoms with Gasteiger partial charge >= 0.3 is 12.1 Å². The molecule has 2 rings (SSSR count). The van der Waals surface area contributed by atoms with Crippen LogP contribution in [0.15, 0.2) is 24.3 Å². The average Bonchev–Trinajstić information content (AvgIpc) is 2.54. The number of carbonyl (C=O) groups excluding carboxylic acids is 2. The van der Waals surface area contributed by atoms with Crippen molar-refractivity contribution in [2.24, 2.45) is 5.92 Å². The van der Waals surface area contributed by atoms with Crippen molar-refractivity contribution in [3.63, 3.8) is 0 Å². The van der Waals surface area contributed by atoms with Crippen molar-refractivity contribution in [1.82, 2.24) is 4.90 Å². The number of rotatable bonds is 4. The molecule has 1 aliphatic rings. The first-order valence-electron chi connectivity index (χ1n) is 9.18. The molecule has 6 nitrogen and oxygen atoms in total. The van der Waals surface area contributed by atoms with E-state index in [1.165, 1.54) is 0 Å². The Morgan fingerprint density at radius 2 is 1.88 bits per heavy atom. The molecular weight excluding hydrogens is 332 g/mol. The third-order valence-corrected chi connectivity index (χ3v) is 4.37. The summed E-state index contributed by atoms with van der Waals surface area (Å²) in [5.74, 6) is -0.307. The fraction of sp³-hybridized carbons (Fsp3) is 0.600. The Morgan fingerprint density at radius 3 is 2.46 bits per heavy atom. The van der Waals surface area contributed by atoms with Gasteiger partial charge in [0, 0.05) is 11.7 Å². The van der Waals surface area contributed by atoms with E-state index in [1.54, 1.807) is 0 Å². The van der Waals surface area contributed by atoms with E-state index in [1.807, 2.05) is 59.0 Å². The van der Waals surface area contributed by atoms with Gasteiger partial charge < -0.3 is 9.47 Å². The van der Waals surface area contributed by atoms with E-state index in [0.717, 1.165) is 24.9 Å². The van der Waals surface area contributed by atoms with Crippen LogP contribution in [0.4, 0.5) is 10.5 Å². The lowest BCUT2D eigenvalue weighted by Crippen LogP contribution is -2.40. The molecule has 0 aliphatic carbocycles. The van der Waals surface area contributed by atoms with Crippen LogP contribution < -0.4 is 5.32 Å². The van der Waals surface area contributed by atoms with E-state index in [2.05, 4.69) is 10.2 Å². The molecule has 1 saturated heterocycles. The van der Waals surface area contributed by atoms with E-state index >= 15 is 0 Å². The largest absolute Gasteiger partial charge is 0.466 e. The van der Waals surface area contributed by atoms with Crippen LogP contribution >= 0.6 is 0 Å². The second-order valence-electron chi connectivity index (χ2n) is 7.68. The first kappa shape index (κ1) is 20.2. The Hall–Kier alpha value is -2.08. The Labute approximate surface area is 155 Å².